The number of rotatable bonds is 15. The number of nitrogens with one attached hydrogen (secondary N) is 3. The number of allylic oxidation sites excluding steroid dienone is 1. The van der Waals surface area contributed by atoms with E-state index in [0.29, 0.717) is 17.7 Å². The van der Waals surface area contributed by atoms with Gasteiger partial charge in [0.05, 0.1) is 12.1 Å². The van der Waals surface area contributed by atoms with E-state index in [9.17, 15) is 33.4 Å². The van der Waals surface area contributed by atoms with Crippen molar-refractivity contribution in [2.24, 2.45) is 4.99 Å². The van der Waals surface area contributed by atoms with Crippen LogP contribution < -0.4 is 16.0 Å². The van der Waals surface area contributed by atoms with Crippen LogP contribution in [0.25, 0.3) is 0 Å². The topological polar surface area (TPSA) is 140 Å². The van der Waals surface area contributed by atoms with Gasteiger partial charge in [0.25, 0.3) is 0 Å². The highest BCUT2D eigenvalue weighted by atomic mass is 32.2. The van der Waals surface area contributed by atoms with Crippen LogP contribution in [0.5, 0.6) is 0 Å². The fourth-order valence-corrected chi connectivity index (χ4v) is 4.00. The summed E-state index contributed by atoms with van der Waals surface area (Å²) in [5.41, 5.74) is 0.604. The minimum atomic E-state index is -1.24. The van der Waals surface area contributed by atoms with Crippen molar-refractivity contribution in [1.82, 2.24) is 16.0 Å². The van der Waals surface area contributed by atoms with E-state index in [4.69, 9.17) is 0 Å². The number of aryl methyl sites for hydroxylation is 1. The summed E-state index contributed by atoms with van der Waals surface area (Å²) in [4.78, 5) is 37.5. The molecule has 1 aromatic carbocycles. The number of carbonyl (C=O) groups excluding carboxylic acids is 3. The number of halogens is 2. The summed E-state index contributed by atoms with van der Waals surface area (Å²) in [5.74, 6) is -0.455. The Hall–Kier alpha value is -2.83. The molecule has 4 atom stereocenters. The SMILES string of the molecule is C/C=C\N=CCC.CC.CC.CCCCSCC(NC=O)C(=O)NCC(O)C(O)C(C)NC(C)=O.Cc1cc(F)cc(F)c1. The van der Waals surface area contributed by atoms with Gasteiger partial charge in [-0.25, -0.2) is 8.78 Å². The summed E-state index contributed by atoms with van der Waals surface area (Å²) >= 11 is 1.56. The number of aliphatic imine (C=N–C) groups is 1. The molecule has 0 aliphatic carbocycles. The number of aliphatic hydroxyl groups excluding tert-OH is 2. The van der Waals surface area contributed by atoms with E-state index in [-0.39, 0.29) is 12.5 Å². The first-order valence-corrected chi connectivity index (χ1v) is 16.3. The van der Waals surface area contributed by atoms with Crippen LogP contribution in [0.4, 0.5) is 8.78 Å². The van der Waals surface area contributed by atoms with E-state index in [1.54, 1.807) is 31.8 Å². The van der Waals surface area contributed by atoms with E-state index in [2.05, 4.69) is 34.8 Å². The first-order valence-electron chi connectivity index (χ1n) is 15.2. The molecular formula is C32H58F2N4O5S. The normalized spacial score (nSPS) is 12.7. The number of unbranched alkanes of at least 4 members (excludes halogenated alkanes) is 1. The molecule has 256 valence electrons. The quantitative estimate of drug-likeness (QED) is 0.0991. The average Bonchev–Trinajstić information content (AvgIpc) is 2.99. The second kappa shape index (κ2) is 34.7. The minimum Gasteiger partial charge on any atom is -0.388 e. The van der Waals surface area contributed by atoms with Gasteiger partial charge in [-0.1, -0.05) is 54.0 Å². The number of thioether (sulfide) groups is 1. The fourth-order valence-electron chi connectivity index (χ4n) is 2.86. The van der Waals surface area contributed by atoms with Crippen LogP contribution in [0.1, 0.15) is 87.1 Å². The Morgan fingerprint density at radius 3 is 2.07 bits per heavy atom. The molecule has 5 N–H and O–H groups in total. The lowest BCUT2D eigenvalue weighted by Crippen LogP contribution is -2.52. The third kappa shape index (κ3) is 30.6. The summed E-state index contributed by atoms with van der Waals surface area (Å²) in [6, 6.07) is 2.07. The van der Waals surface area contributed by atoms with Gasteiger partial charge in [0.1, 0.15) is 23.8 Å². The first kappa shape index (κ1) is 48.1. The Kier molecular flexibility index (Phi) is 37.9. The lowest BCUT2D eigenvalue weighted by Gasteiger charge is -2.25. The second-order valence-electron chi connectivity index (χ2n) is 8.73. The zero-order valence-corrected chi connectivity index (χ0v) is 29.1. The molecule has 0 heterocycles. The van der Waals surface area contributed by atoms with Crippen molar-refractivity contribution in [3.8, 4) is 0 Å². The van der Waals surface area contributed by atoms with E-state index < -0.39 is 41.8 Å². The van der Waals surface area contributed by atoms with Crippen molar-refractivity contribution < 1.29 is 33.4 Å². The maximum atomic E-state index is 12.2. The molecule has 0 spiro atoms. The molecule has 9 nitrogen and oxygen atoms in total. The van der Waals surface area contributed by atoms with Crippen LogP contribution in [0.3, 0.4) is 0 Å². The molecule has 0 saturated heterocycles. The summed E-state index contributed by atoms with van der Waals surface area (Å²) in [6.07, 6.45) is 6.69. The van der Waals surface area contributed by atoms with Crippen LogP contribution >= 0.6 is 11.8 Å². The van der Waals surface area contributed by atoms with Gasteiger partial charge in [0.15, 0.2) is 0 Å². The highest BCUT2D eigenvalue weighted by Gasteiger charge is 2.25. The Balaban J connectivity index is -0.000000323. The number of aliphatic hydroxyl groups is 2. The smallest absolute Gasteiger partial charge is 0.243 e. The molecule has 0 radical (unpaired) electrons. The van der Waals surface area contributed by atoms with Gasteiger partial charge in [-0.2, -0.15) is 11.8 Å². The number of benzene rings is 1. The molecule has 4 unspecified atom stereocenters. The van der Waals surface area contributed by atoms with Crippen molar-refractivity contribution in [3.05, 3.63) is 47.7 Å². The second-order valence-corrected chi connectivity index (χ2v) is 9.88. The predicted octanol–water partition coefficient (Wildman–Crippen LogP) is 5.32. The Morgan fingerprint density at radius 1 is 1.07 bits per heavy atom. The number of hydrogen-bond donors (Lipinski definition) is 5. The summed E-state index contributed by atoms with van der Waals surface area (Å²) in [6.45, 7) is 18.4. The highest BCUT2D eigenvalue weighted by molar-refractivity contribution is 7.99. The molecule has 0 fully saturated rings. The standard InChI is InChI=1S/C15H29N3O5S.C7H6F2.C6H11N.2C2H6/c1-4-5-6-24-8-12(17-9-19)15(23)16-7-13(21)14(22)10(2)18-11(3)20;1-5-2-6(8)4-7(9)3-5;1-3-5-7-6-4-2;2*1-2/h9-10,12-14,21-22H,4-8H2,1-3H3,(H,16,23)(H,17,19)(H,18,20);2-4H,1H3;3,5-6H,4H2,1-2H3;2*1-2H3/b;;5-3-,7-6?;;. The monoisotopic (exact) mass is 648 g/mol. The molecule has 0 bridgehead atoms. The average molecular weight is 649 g/mol. The van der Waals surface area contributed by atoms with Crippen LogP contribution in [0.15, 0.2) is 35.5 Å². The maximum Gasteiger partial charge on any atom is 0.243 e. The van der Waals surface area contributed by atoms with Crippen LogP contribution in [-0.2, 0) is 14.4 Å². The number of nitrogens with zero attached hydrogens (tertiary/aromatic N) is 1. The number of hydrogen-bond acceptors (Lipinski definition) is 7. The van der Waals surface area contributed by atoms with Gasteiger partial charge < -0.3 is 26.2 Å². The van der Waals surface area contributed by atoms with E-state index >= 15 is 0 Å². The van der Waals surface area contributed by atoms with Crippen LogP contribution in [0.2, 0.25) is 0 Å². The zero-order chi connectivity index (χ0) is 34.9. The van der Waals surface area contributed by atoms with Gasteiger partial charge in [-0.3, -0.25) is 19.4 Å². The lowest BCUT2D eigenvalue weighted by molar-refractivity contribution is -0.126. The molecule has 44 heavy (non-hydrogen) atoms. The summed E-state index contributed by atoms with van der Waals surface area (Å²) in [5, 5.41) is 27.2. The van der Waals surface area contributed by atoms with E-state index in [0.717, 1.165) is 31.1 Å². The third-order valence-electron chi connectivity index (χ3n) is 4.87. The van der Waals surface area contributed by atoms with E-state index in [1.165, 1.54) is 19.1 Å². The van der Waals surface area contributed by atoms with Crippen LogP contribution in [-0.4, -0.2) is 77.0 Å². The van der Waals surface area contributed by atoms with Gasteiger partial charge in [-0.15, -0.1) is 0 Å². The third-order valence-corrected chi connectivity index (χ3v) is 6.01. The van der Waals surface area contributed by atoms with Crippen molar-refractivity contribution in [3.63, 3.8) is 0 Å². The summed E-state index contributed by atoms with van der Waals surface area (Å²) in [7, 11) is 0. The molecule has 0 saturated carbocycles. The summed E-state index contributed by atoms with van der Waals surface area (Å²) < 4.78 is 24.4. The Morgan fingerprint density at radius 2 is 1.64 bits per heavy atom. The Labute approximate surface area is 268 Å². The molecule has 1 rings (SSSR count). The largest absolute Gasteiger partial charge is 0.388 e. The van der Waals surface area contributed by atoms with Gasteiger partial charge in [0.2, 0.25) is 18.2 Å². The molecule has 0 aliphatic rings. The molecule has 1 aromatic rings. The van der Waals surface area contributed by atoms with Crippen LogP contribution in [0, 0.1) is 18.6 Å². The highest BCUT2D eigenvalue weighted by Crippen LogP contribution is 2.07. The number of amides is 3. The molecular weight excluding hydrogens is 590 g/mol. The lowest BCUT2D eigenvalue weighted by atomic mass is 10.1. The van der Waals surface area contributed by atoms with Crippen molar-refractivity contribution in [2.75, 3.05) is 18.1 Å². The first-order chi connectivity index (χ1) is 20.9. The molecule has 3 amide bonds. The van der Waals surface area contributed by atoms with Gasteiger partial charge in [-0.05, 0) is 57.1 Å². The fraction of sp³-hybridized carbons (Fsp3) is 0.625. The molecule has 0 aromatic heterocycles. The maximum absolute atomic E-state index is 12.2. The van der Waals surface area contributed by atoms with Gasteiger partial charge in [0, 0.05) is 37.7 Å². The minimum absolute atomic E-state index is 0.180. The number of carbonyl (C=O) groups is 3. The molecule has 0 aliphatic heterocycles. The molecule has 12 heteroatoms. The van der Waals surface area contributed by atoms with Gasteiger partial charge >= 0.3 is 0 Å². The zero-order valence-electron chi connectivity index (χ0n) is 28.3. The van der Waals surface area contributed by atoms with Crippen molar-refractivity contribution in [1.29, 1.82) is 0 Å². The van der Waals surface area contributed by atoms with Crippen molar-refractivity contribution >= 4 is 36.2 Å². The Bertz CT molecular complexity index is 857. The predicted molar refractivity (Wildman–Crippen MR) is 181 cm³/mol. The van der Waals surface area contributed by atoms with E-state index in [1.807, 2.05) is 46.9 Å². The van der Waals surface area contributed by atoms with Crippen molar-refractivity contribution in [2.45, 2.75) is 113 Å².